The Bertz CT molecular complexity index is 548. The number of aliphatic carboxylic acids is 1. The highest BCUT2D eigenvalue weighted by molar-refractivity contribution is 7.59. The molecule has 1 rings (SSSR count). The van der Waals surface area contributed by atoms with Crippen molar-refractivity contribution in [3.63, 3.8) is 0 Å². The third kappa shape index (κ3) is 9.35. The highest BCUT2D eigenvalue weighted by Gasteiger charge is 2.25. The minimum Gasteiger partial charge on any atom is -0.481 e. The van der Waals surface area contributed by atoms with Gasteiger partial charge < -0.3 is 9.84 Å². The number of carbonyl (C=O) groups is 3. The Morgan fingerprint density at radius 2 is 1.67 bits per heavy atom. The maximum absolute atomic E-state index is 12.3. The Hall–Kier alpha value is -1.82. The number of rotatable bonds is 8. The van der Waals surface area contributed by atoms with Crippen LogP contribution >= 0.6 is 13.5 Å². The van der Waals surface area contributed by atoms with Crippen molar-refractivity contribution in [1.29, 1.82) is 0 Å². The van der Waals surface area contributed by atoms with Crippen LogP contribution in [0.4, 0.5) is 0 Å². The number of ether oxygens (including phenoxy) is 1. The molecule has 24 heavy (non-hydrogen) atoms. The van der Waals surface area contributed by atoms with E-state index in [9.17, 15) is 14.4 Å². The highest BCUT2D eigenvalue weighted by atomic mass is 32.1. The summed E-state index contributed by atoms with van der Waals surface area (Å²) in [7, 11) is 0. The molecule has 1 aromatic carbocycles. The average molecular weight is 354 g/mol. The molecule has 6 heteroatoms. The lowest BCUT2D eigenvalue weighted by molar-refractivity contribution is -0.157. The van der Waals surface area contributed by atoms with Gasteiger partial charge in [0.05, 0.1) is 12.8 Å². The van der Waals surface area contributed by atoms with Gasteiger partial charge in [0.15, 0.2) is 0 Å². The van der Waals surface area contributed by atoms with E-state index < -0.39 is 23.5 Å². The zero-order valence-corrected chi connectivity index (χ0v) is 15.4. The molecule has 1 N–H and O–H groups in total. The minimum absolute atomic E-state index is 0. The summed E-state index contributed by atoms with van der Waals surface area (Å²) in [5.41, 5.74) is 0.322. The smallest absolute Gasteiger partial charge is 0.307 e. The molecule has 0 aliphatic rings. The number of benzene rings is 1. The number of carboxylic acids is 1. The maximum atomic E-state index is 12.3. The van der Waals surface area contributed by atoms with E-state index in [4.69, 9.17) is 9.84 Å². The van der Waals surface area contributed by atoms with Crippen LogP contribution in [0, 0.1) is 5.92 Å². The Labute approximate surface area is 149 Å². The van der Waals surface area contributed by atoms with Crippen molar-refractivity contribution in [1.82, 2.24) is 0 Å². The van der Waals surface area contributed by atoms with E-state index in [1.807, 2.05) is 30.3 Å². The Morgan fingerprint density at radius 1 is 1.08 bits per heavy atom. The van der Waals surface area contributed by atoms with E-state index in [0.717, 1.165) is 5.56 Å². The van der Waals surface area contributed by atoms with Crippen molar-refractivity contribution in [2.45, 2.75) is 52.1 Å². The van der Waals surface area contributed by atoms with Gasteiger partial charge in [-0.3, -0.25) is 14.4 Å². The van der Waals surface area contributed by atoms with Crippen LogP contribution in [-0.2, 0) is 25.5 Å². The molecule has 0 saturated carbocycles. The lowest BCUT2D eigenvalue weighted by atomic mass is 9.90. The Morgan fingerprint density at radius 3 is 2.17 bits per heavy atom. The molecule has 0 radical (unpaired) electrons. The van der Waals surface area contributed by atoms with Crippen molar-refractivity contribution < 1.29 is 24.2 Å². The normalized spacial score (nSPS) is 12.0. The second-order valence-electron chi connectivity index (χ2n) is 6.54. The summed E-state index contributed by atoms with van der Waals surface area (Å²) < 4.78 is 5.27. The number of carbonyl (C=O) groups excluding carboxylic acids is 2. The SMILES string of the molecule is CC(C)(C)OC(=O)C[C@@H](Cc1ccccc1)C(=O)CCC(=O)O.S. The number of Topliss-reactive ketones (excluding diaryl/α,β-unsaturated/α-hetero) is 1. The largest absolute Gasteiger partial charge is 0.481 e. The van der Waals surface area contributed by atoms with Crippen molar-refractivity contribution in [3.05, 3.63) is 35.9 Å². The van der Waals surface area contributed by atoms with Gasteiger partial charge in [0.1, 0.15) is 11.4 Å². The van der Waals surface area contributed by atoms with Crippen LogP contribution in [0.25, 0.3) is 0 Å². The molecule has 0 aliphatic carbocycles. The summed E-state index contributed by atoms with van der Waals surface area (Å²) in [6, 6.07) is 9.36. The molecule has 0 aliphatic heterocycles. The fraction of sp³-hybridized carbons (Fsp3) is 0.500. The lowest BCUT2D eigenvalue weighted by Crippen LogP contribution is -2.28. The highest BCUT2D eigenvalue weighted by Crippen LogP contribution is 2.19. The van der Waals surface area contributed by atoms with Crippen molar-refractivity contribution in [2.24, 2.45) is 5.92 Å². The van der Waals surface area contributed by atoms with Crippen LogP contribution in [0.15, 0.2) is 30.3 Å². The second-order valence-corrected chi connectivity index (χ2v) is 6.54. The third-order valence-electron chi connectivity index (χ3n) is 3.20. The molecule has 1 aromatic rings. The molecule has 0 saturated heterocycles. The van der Waals surface area contributed by atoms with E-state index in [2.05, 4.69) is 0 Å². The van der Waals surface area contributed by atoms with E-state index >= 15 is 0 Å². The number of ketones is 1. The monoisotopic (exact) mass is 354 g/mol. The predicted molar refractivity (Wildman–Crippen MR) is 96.4 cm³/mol. The summed E-state index contributed by atoms with van der Waals surface area (Å²) in [6.45, 7) is 5.30. The first-order valence-corrected chi connectivity index (χ1v) is 7.67. The zero-order chi connectivity index (χ0) is 17.5. The van der Waals surface area contributed by atoms with Crippen LogP contribution in [0.2, 0.25) is 0 Å². The molecule has 0 heterocycles. The molecule has 134 valence electrons. The lowest BCUT2D eigenvalue weighted by Gasteiger charge is -2.22. The van der Waals surface area contributed by atoms with Crippen molar-refractivity contribution in [3.8, 4) is 0 Å². The van der Waals surface area contributed by atoms with Gasteiger partial charge >= 0.3 is 11.9 Å². The number of hydrogen-bond acceptors (Lipinski definition) is 4. The number of hydrogen-bond donors (Lipinski definition) is 1. The standard InChI is InChI=1S/C18H24O5.H2S/c1-18(2,3)23-17(22)12-14(15(19)9-10-16(20)21)11-13-7-5-4-6-8-13;/h4-8,14H,9-12H2,1-3H3,(H,20,21);1H2/t14-;/m1./s1. The van der Waals surface area contributed by atoms with Crippen LogP contribution in [-0.4, -0.2) is 28.4 Å². The van der Waals surface area contributed by atoms with Gasteiger partial charge in [-0.25, -0.2) is 0 Å². The van der Waals surface area contributed by atoms with E-state index in [1.54, 1.807) is 20.8 Å². The van der Waals surface area contributed by atoms with Crippen molar-refractivity contribution >= 4 is 31.2 Å². The van der Waals surface area contributed by atoms with Gasteiger partial charge in [0, 0.05) is 12.3 Å². The zero-order valence-electron chi connectivity index (χ0n) is 14.4. The average Bonchev–Trinajstić information content (AvgIpc) is 2.43. The van der Waals surface area contributed by atoms with E-state index in [0.29, 0.717) is 6.42 Å². The molecule has 1 atom stereocenters. The molecule has 0 spiro atoms. The molecule has 5 nitrogen and oxygen atoms in total. The third-order valence-corrected chi connectivity index (χ3v) is 3.20. The van der Waals surface area contributed by atoms with E-state index in [-0.39, 0.29) is 38.5 Å². The molecule has 0 unspecified atom stereocenters. The molecular weight excluding hydrogens is 328 g/mol. The first-order chi connectivity index (χ1) is 10.7. The quantitative estimate of drug-likeness (QED) is 0.726. The summed E-state index contributed by atoms with van der Waals surface area (Å²) >= 11 is 0. The van der Waals surface area contributed by atoms with Crippen LogP contribution in [0.5, 0.6) is 0 Å². The number of esters is 1. The molecule has 0 fully saturated rings. The number of carboxylic acid groups (broad SMARTS) is 1. The van der Waals surface area contributed by atoms with E-state index in [1.165, 1.54) is 0 Å². The topological polar surface area (TPSA) is 80.7 Å². The Kier molecular flexibility index (Phi) is 9.36. The molecular formula is C18H26O5S. The van der Waals surface area contributed by atoms with Gasteiger partial charge in [0.25, 0.3) is 0 Å². The predicted octanol–water partition coefficient (Wildman–Crippen LogP) is 3.12. The van der Waals surface area contributed by atoms with Crippen molar-refractivity contribution in [2.75, 3.05) is 0 Å². The molecule has 0 bridgehead atoms. The Balaban J connectivity index is 0.00000529. The van der Waals surface area contributed by atoms with Gasteiger partial charge in [-0.1, -0.05) is 30.3 Å². The summed E-state index contributed by atoms with van der Waals surface area (Å²) in [6.07, 6.45) is 0.0667. The van der Waals surface area contributed by atoms with Gasteiger partial charge in [0.2, 0.25) is 0 Å². The maximum Gasteiger partial charge on any atom is 0.307 e. The molecule has 0 aromatic heterocycles. The van der Waals surface area contributed by atoms with Crippen LogP contribution in [0.3, 0.4) is 0 Å². The van der Waals surface area contributed by atoms with Crippen LogP contribution < -0.4 is 0 Å². The first kappa shape index (κ1) is 22.2. The molecule has 0 amide bonds. The minimum atomic E-state index is -1.02. The summed E-state index contributed by atoms with van der Waals surface area (Å²) in [4.78, 5) is 34.9. The second kappa shape index (κ2) is 10.1. The fourth-order valence-electron chi connectivity index (χ4n) is 2.22. The van der Waals surface area contributed by atoms with Gasteiger partial charge in [-0.05, 0) is 32.8 Å². The first-order valence-electron chi connectivity index (χ1n) is 7.67. The fourth-order valence-corrected chi connectivity index (χ4v) is 2.22. The van der Waals surface area contributed by atoms with Gasteiger partial charge in [-0.15, -0.1) is 0 Å². The summed E-state index contributed by atoms with van der Waals surface area (Å²) in [5, 5.41) is 8.72. The summed E-state index contributed by atoms with van der Waals surface area (Å²) in [5.74, 6) is -2.25. The van der Waals surface area contributed by atoms with Gasteiger partial charge in [-0.2, -0.15) is 13.5 Å². The van der Waals surface area contributed by atoms with Crippen LogP contribution in [0.1, 0.15) is 45.6 Å².